The molecular formula is C19H31N5O3S. The third-order valence-electron chi connectivity index (χ3n) is 4.98. The van der Waals surface area contributed by atoms with Crippen molar-refractivity contribution in [2.24, 2.45) is 5.73 Å². The van der Waals surface area contributed by atoms with Crippen molar-refractivity contribution in [3.05, 3.63) is 10.6 Å². The van der Waals surface area contributed by atoms with Crippen LogP contribution in [0.25, 0.3) is 0 Å². The molecular weight excluding hydrogens is 378 g/mol. The minimum Gasteiger partial charge on any atom is -0.395 e. The minimum absolute atomic E-state index is 0.0248. The average Bonchev–Trinajstić information content (AvgIpc) is 3.22. The molecule has 9 heteroatoms. The van der Waals surface area contributed by atoms with Gasteiger partial charge in [0, 0.05) is 11.6 Å². The summed E-state index contributed by atoms with van der Waals surface area (Å²) < 4.78 is 3.93. The van der Waals surface area contributed by atoms with Crippen LogP contribution in [0.2, 0.25) is 0 Å². The van der Waals surface area contributed by atoms with Crippen LogP contribution in [0, 0.1) is 0 Å². The molecule has 1 heterocycles. The van der Waals surface area contributed by atoms with E-state index in [0.29, 0.717) is 6.42 Å². The van der Waals surface area contributed by atoms with Gasteiger partial charge in [-0.1, -0.05) is 26.2 Å². The number of carbonyl (C=O) groups is 3. The number of hydrogen-bond donors (Lipinski definition) is 3. The lowest BCUT2D eigenvalue weighted by molar-refractivity contribution is -0.128. The maximum atomic E-state index is 13.4. The highest BCUT2D eigenvalue weighted by molar-refractivity contribution is 7.09. The first-order valence-electron chi connectivity index (χ1n) is 9.76. The molecule has 1 aromatic heterocycles. The molecule has 3 amide bonds. The molecule has 1 aliphatic rings. The molecule has 1 unspecified atom stereocenters. The third-order valence-corrected chi connectivity index (χ3v) is 5.83. The van der Waals surface area contributed by atoms with Crippen LogP contribution in [0.15, 0.2) is 0 Å². The Morgan fingerprint density at radius 3 is 2.36 bits per heavy atom. The summed E-state index contributed by atoms with van der Waals surface area (Å²) in [5.74, 6) is -1.33. The summed E-state index contributed by atoms with van der Waals surface area (Å²) in [4.78, 5) is 39.6. The van der Waals surface area contributed by atoms with E-state index < -0.39 is 23.4 Å². The molecule has 156 valence electrons. The van der Waals surface area contributed by atoms with Gasteiger partial charge >= 0.3 is 0 Å². The lowest BCUT2D eigenvalue weighted by atomic mass is 9.98. The monoisotopic (exact) mass is 409 g/mol. The van der Waals surface area contributed by atoms with Crippen LogP contribution in [0.5, 0.6) is 0 Å². The molecule has 0 spiro atoms. The predicted octanol–water partition coefficient (Wildman–Crippen LogP) is 2.29. The lowest BCUT2D eigenvalue weighted by Gasteiger charge is -2.41. The van der Waals surface area contributed by atoms with E-state index in [1.165, 1.54) is 0 Å². The lowest BCUT2D eigenvalue weighted by Crippen LogP contribution is -2.58. The Labute approximate surface area is 170 Å². The number of nitrogen functional groups attached to an aromatic ring is 1. The molecule has 28 heavy (non-hydrogen) atoms. The van der Waals surface area contributed by atoms with Gasteiger partial charge in [-0.3, -0.25) is 14.4 Å². The van der Waals surface area contributed by atoms with E-state index in [4.69, 9.17) is 11.5 Å². The number of rotatable bonds is 7. The van der Waals surface area contributed by atoms with E-state index in [9.17, 15) is 14.4 Å². The highest BCUT2D eigenvalue weighted by Gasteiger charge is 2.39. The van der Waals surface area contributed by atoms with Crippen molar-refractivity contribution in [1.29, 1.82) is 0 Å². The fourth-order valence-corrected chi connectivity index (χ4v) is 4.41. The molecule has 0 aromatic carbocycles. The summed E-state index contributed by atoms with van der Waals surface area (Å²) >= 11 is 0.838. The summed E-state index contributed by atoms with van der Waals surface area (Å²) in [7, 11) is 0. The van der Waals surface area contributed by atoms with E-state index >= 15 is 0 Å². The maximum Gasteiger partial charge on any atom is 0.270 e. The Morgan fingerprint density at radius 1 is 1.29 bits per heavy atom. The van der Waals surface area contributed by atoms with Crippen molar-refractivity contribution in [2.45, 2.75) is 83.8 Å². The van der Waals surface area contributed by atoms with Gasteiger partial charge in [0.25, 0.3) is 11.8 Å². The van der Waals surface area contributed by atoms with Gasteiger partial charge < -0.3 is 21.7 Å². The van der Waals surface area contributed by atoms with E-state index in [2.05, 4.69) is 9.69 Å². The normalized spacial score (nSPS) is 16.0. The van der Waals surface area contributed by atoms with Crippen LogP contribution in [0.1, 0.15) is 86.4 Å². The zero-order valence-corrected chi connectivity index (χ0v) is 17.9. The van der Waals surface area contributed by atoms with Crippen molar-refractivity contribution in [2.75, 3.05) is 5.73 Å². The summed E-state index contributed by atoms with van der Waals surface area (Å²) in [6.07, 6.45) is 5.43. The second-order valence-electron chi connectivity index (χ2n) is 8.28. The summed E-state index contributed by atoms with van der Waals surface area (Å²) in [6.45, 7) is 7.61. The molecule has 8 nitrogen and oxygen atoms in total. The van der Waals surface area contributed by atoms with Crippen LogP contribution in [0.3, 0.4) is 0 Å². The number of nitrogens with zero attached hydrogens (tertiary/aromatic N) is 2. The number of hydrogen-bond acceptors (Lipinski definition) is 6. The van der Waals surface area contributed by atoms with Crippen LogP contribution >= 0.6 is 11.5 Å². The molecule has 1 aliphatic carbocycles. The molecule has 1 atom stereocenters. The highest BCUT2D eigenvalue weighted by Crippen LogP contribution is 2.29. The van der Waals surface area contributed by atoms with Crippen LogP contribution in [-0.2, 0) is 4.79 Å². The van der Waals surface area contributed by atoms with Gasteiger partial charge in [-0.05, 0) is 51.6 Å². The summed E-state index contributed by atoms with van der Waals surface area (Å²) in [5, 5.41) is 3.11. The number of nitrogens with one attached hydrogen (secondary N) is 1. The molecule has 2 rings (SSSR count). The standard InChI is InChI=1S/C19H31N5O3S/c1-5-8-12(17(26)22-11-9-6-7-10-11)24(19(2,3)4)18(27)15-13(20)14(16(21)25)23-28-15/h11-12H,5-10,20H2,1-4H3,(H2,21,25)(H,22,26). The van der Waals surface area contributed by atoms with E-state index in [1.54, 1.807) is 4.90 Å². The SMILES string of the molecule is CCCC(C(=O)NC1CCCC1)N(C(=O)c1snc(C(N)=O)c1N)C(C)(C)C. The Bertz CT molecular complexity index is 734. The van der Waals surface area contributed by atoms with Crippen molar-refractivity contribution in [3.8, 4) is 0 Å². The number of nitrogens with two attached hydrogens (primary N) is 2. The van der Waals surface area contributed by atoms with Crippen LogP contribution in [0.4, 0.5) is 5.69 Å². The molecule has 5 N–H and O–H groups in total. The second kappa shape index (κ2) is 8.89. The van der Waals surface area contributed by atoms with Gasteiger partial charge in [-0.15, -0.1) is 0 Å². The molecule has 1 fully saturated rings. The second-order valence-corrected chi connectivity index (χ2v) is 9.05. The molecule has 0 saturated heterocycles. The topological polar surface area (TPSA) is 131 Å². The van der Waals surface area contributed by atoms with Gasteiger partial charge in [0.05, 0.1) is 5.69 Å². The van der Waals surface area contributed by atoms with Gasteiger partial charge in [0.1, 0.15) is 10.9 Å². The molecule has 0 aliphatic heterocycles. The smallest absolute Gasteiger partial charge is 0.270 e. The van der Waals surface area contributed by atoms with Crippen molar-refractivity contribution in [1.82, 2.24) is 14.6 Å². The van der Waals surface area contributed by atoms with E-state index in [1.807, 2.05) is 27.7 Å². The zero-order chi connectivity index (χ0) is 21.1. The first-order valence-corrected chi connectivity index (χ1v) is 10.5. The fourth-order valence-electron chi connectivity index (χ4n) is 3.67. The summed E-state index contributed by atoms with van der Waals surface area (Å²) in [5.41, 5.74) is 10.5. The first-order chi connectivity index (χ1) is 13.1. The maximum absolute atomic E-state index is 13.4. The number of anilines is 1. The van der Waals surface area contributed by atoms with E-state index in [-0.39, 0.29) is 28.2 Å². The van der Waals surface area contributed by atoms with Crippen LogP contribution < -0.4 is 16.8 Å². The van der Waals surface area contributed by atoms with Crippen molar-refractivity contribution in [3.63, 3.8) is 0 Å². The van der Waals surface area contributed by atoms with Crippen molar-refractivity contribution < 1.29 is 14.4 Å². The number of carbonyl (C=O) groups excluding carboxylic acids is 3. The number of amides is 3. The quantitative estimate of drug-likeness (QED) is 0.636. The number of primary amides is 1. The van der Waals surface area contributed by atoms with Gasteiger partial charge in [-0.25, -0.2) is 0 Å². The van der Waals surface area contributed by atoms with Gasteiger partial charge in [0.15, 0.2) is 5.69 Å². The minimum atomic E-state index is -0.779. The van der Waals surface area contributed by atoms with Crippen molar-refractivity contribution >= 4 is 34.9 Å². The largest absolute Gasteiger partial charge is 0.395 e. The molecule has 0 radical (unpaired) electrons. The first kappa shape index (κ1) is 22.1. The zero-order valence-electron chi connectivity index (χ0n) is 17.1. The Hall–Kier alpha value is -2.16. The Balaban J connectivity index is 2.37. The van der Waals surface area contributed by atoms with Crippen LogP contribution in [-0.4, -0.2) is 44.6 Å². The fraction of sp³-hybridized carbons (Fsp3) is 0.684. The van der Waals surface area contributed by atoms with E-state index in [0.717, 1.165) is 43.6 Å². The molecule has 1 aromatic rings. The highest BCUT2D eigenvalue weighted by atomic mass is 32.1. The molecule has 1 saturated carbocycles. The molecule has 0 bridgehead atoms. The van der Waals surface area contributed by atoms with Gasteiger partial charge in [-0.2, -0.15) is 4.37 Å². The summed E-state index contributed by atoms with van der Waals surface area (Å²) in [6, 6.07) is -0.463. The van der Waals surface area contributed by atoms with Gasteiger partial charge in [0.2, 0.25) is 5.91 Å². The Kier molecular flexibility index (Phi) is 7.03. The Morgan fingerprint density at radius 2 is 1.89 bits per heavy atom. The average molecular weight is 410 g/mol. The predicted molar refractivity (Wildman–Crippen MR) is 110 cm³/mol. The third kappa shape index (κ3) is 4.81. The number of aromatic nitrogens is 1.